The van der Waals surface area contributed by atoms with Crippen molar-refractivity contribution in [3.8, 4) is 28.6 Å². The molecule has 3 heterocycles. The number of carboxylic acids is 2. The lowest BCUT2D eigenvalue weighted by Crippen LogP contribution is -2.61. The lowest BCUT2D eigenvalue weighted by molar-refractivity contribution is -0.276. The van der Waals surface area contributed by atoms with E-state index in [4.69, 9.17) is 28.1 Å². The molecule has 2 saturated heterocycles. The predicted octanol–water partition coefficient (Wildman–Crippen LogP) is -1.05. The van der Waals surface area contributed by atoms with E-state index in [1.54, 1.807) is 32.9 Å². The van der Waals surface area contributed by atoms with Crippen LogP contribution in [-0.4, -0.2) is 120 Å². The minimum absolute atomic E-state index is 0.0587. The molecule has 1 aromatic heterocycles. The fourth-order valence-corrected chi connectivity index (χ4v) is 5.04. The molecule has 10 atom stereocenters. The molecule has 18 heteroatoms. The van der Waals surface area contributed by atoms with Crippen LogP contribution < -0.4 is 19.6 Å². The number of aliphatic carboxylic acids is 2. The first kappa shape index (κ1) is 36.6. The Morgan fingerprint density at radius 1 is 0.700 bits per heavy atom. The van der Waals surface area contributed by atoms with Crippen molar-refractivity contribution in [2.45, 2.75) is 82.2 Å². The molecule has 3 aromatic rings. The van der Waals surface area contributed by atoms with Gasteiger partial charge < -0.3 is 69.0 Å². The lowest BCUT2D eigenvalue weighted by Gasteiger charge is -2.39. The summed E-state index contributed by atoms with van der Waals surface area (Å²) < 4.78 is 33.3. The molecule has 0 radical (unpaired) electrons. The minimum atomic E-state index is -2.10. The standard InChI is InChI=1S/C32H34O18/c1-32(2,3)31(44)50-24-16(33)12-6-4-5-7-13(12)45-23(24)11-8-9-14(46-29-21(38)17(34)19(36)25(48-29)27(40)41)15(10-11)47-30-22(39)18(35)20(37)26(49-30)28(42)43/h4-10,17-22,25-26,29-30,34-39H,1-3H3,(H,40,41)(H,42,43)/t17-,18-,19-,20-,21+,22+,25-,26-,29+,30+/m1/s1. The van der Waals surface area contributed by atoms with Crippen molar-refractivity contribution in [2.24, 2.45) is 5.41 Å². The van der Waals surface area contributed by atoms with E-state index in [0.29, 0.717) is 0 Å². The second-order valence-electron chi connectivity index (χ2n) is 12.6. The van der Waals surface area contributed by atoms with Gasteiger partial charge in [-0.2, -0.15) is 0 Å². The van der Waals surface area contributed by atoms with Crippen LogP contribution in [0.5, 0.6) is 17.2 Å². The Bertz CT molecular complexity index is 1830. The van der Waals surface area contributed by atoms with E-state index < -0.39 is 107 Å². The van der Waals surface area contributed by atoms with E-state index in [9.17, 15) is 60.0 Å². The largest absolute Gasteiger partial charge is 0.479 e. The van der Waals surface area contributed by atoms with Crippen LogP contribution in [0.3, 0.4) is 0 Å². The quantitative estimate of drug-likeness (QED) is 0.130. The zero-order chi connectivity index (χ0) is 36.8. The molecule has 2 aliphatic heterocycles. The third-order valence-electron chi connectivity index (χ3n) is 7.88. The van der Waals surface area contributed by atoms with E-state index in [2.05, 4.69) is 0 Å². The van der Waals surface area contributed by atoms with Gasteiger partial charge in [-0.1, -0.05) is 12.1 Å². The molecule has 0 amide bonds. The number of hydrogen-bond donors (Lipinski definition) is 8. The Morgan fingerprint density at radius 3 is 1.74 bits per heavy atom. The van der Waals surface area contributed by atoms with Crippen molar-refractivity contribution in [1.82, 2.24) is 0 Å². The highest BCUT2D eigenvalue weighted by Gasteiger charge is 2.50. The Hall–Kier alpha value is -4.66. The molecule has 50 heavy (non-hydrogen) atoms. The molecule has 8 N–H and O–H groups in total. The second-order valence-corrected chi connectivity index (χ2v) is 12.6. The van der Waals surface area contributed by atoms with Gasteiger partial charge in [0.1, 0.15) is 42.2 Å². The summed E-state index contributed by atoms with van der Waals surface area (Å²) >= 11 is 0. The number of hydrogen-bond acceptors (Lipinski definition) is 16. The van der Waals surface area contributed by atoms with Crippen LogP contribution in [0, 0.1) is 5.41 Å². The Balaban J connectivity index is 1.64. The maximum atomic E-state index is 13.6. The number of aliphatic hydroxyl groups excluding tert-OH is 6. The van der Waals surface area contributed by atoms with E-state index in [0.717, 1.165) is 12.1 Å². The second kappa shape index (κ2) is 13.9. The number of carboxylic acid groups (broad SMARTS) is 2. The SMILES string of the molecule is CC(C)(C)C(=O)Oc1c(-c2ccc(O[C@H]3O[C@@H](C(=O)O)[C@H](O)[C@@H](O)[C@@H]3O)c(O[C@H]3O[C@@H](C(=O)O)[C@H](O)[C@@H](O)[C@@H]3O)c2)oc2ccccc2c1=O. The molecule has 0 saturated carbocycles. The van der Waals surface area contributed by atoms with Crippen LogP contribution in [0.1, 0.15) is 20.8 Å². The van der Waals surface area contributed by atoms with Gasteiger partial charge in [0.15, 0.2) is 29.5 Å². The lowest BCUT2D eigenvalue weighted by atomic mass is 9.97. The monoisotopic (exact) mass is 706 g/mol. The van der Waals surface area contributed by atoms with Crippen molar-refractivity contribution in [3.63, 3.8) is 0 Å². The molecular weight excluding hydrogens is 672 g/mol. The maximum Gasteiger partial charge on any atom is 0.335 e. The molecular formula is C32H34O18. The van der Waals surface area contributed by atoms with Crippen LogP contribution >= 0.6 is 0 Å². The summed E-state index contributed by atoms with van der Waals surface area (Å²) in [6, 6.07) is 9.47. The molecule has 0 spiro atoms. The van der Waals surface area contributed by atoms with Crippen LogP contribution in [0.4, 0.5) is 0 Å². The number of esters is 1. The van der Waals surface area contributed by atoms with Crippen molar-refractivity contribution in [2.75, 3.05) is 0 Å². The van der Waals surface area contributed by atoms with E-state index in [1.165, 1.54) is 18.2 Å². The number of benzene rings is 2. The average molecular weight is 707 g/mol. The summed E-state index contributed by atoms with van der Waals surface area (Å²) in [6.45, 7) is 4.65. The van der Waals surface area contributed by atoms with Crippen LogP contribution in [0.25, 0.3) is 22.3 Å². The number of carbonyl (C=O) groups excluding carboxylic acids is 1. The third-order valence-corrected chi connectivity index (χ3v) is 7.88. The molecule has 2 aromatic carbocycles. The third kappa shape index (κ3) is 7.00. The molecule has 2 aliphatic rings. The summed E-state index contributed by atoms with van der Waals surface area (Å²) in [5.41, 5.74) is -1.80. The van der Waals surface area contributed by atoms with Gasteiger partial charge >= 0.3 is 17.9 Å². The van der Waals surface area contributed by atoms with Gasteiger partial charge in [0, 0.05) is 5.56 Å². The summed E-state index contributed by atoms with van der Waals surface area (Å²) in [7, 11) is 0. The average Bonchev–Trinajstić information content (AvgIpc) is 3.06. The number of ether oxygens (including phenoxy) is 5. The number of para-hydroxylation sites is 1. The first-order chi connectivity index (χ1) is 23.4. The van der Waals surface area contributed by atoms with Crippen LogP contribution in [-0.2, 0) is 23.9 Å². The summed E-state index contributed by atoms with van der Waals surface area (Å²) in [5, 5.41) is 81.0. The van der Waals surface area contributed by atoms with Crippen molar-refractivity contribution in [1.29, 1.82) is 0 Å². The zero-order valence-electron chi connectivity index (χ0n) is 26.5. The molecule has 18 nitrogen and oxygen atoms in total. The fourth-order valence-electron chi connectivity index (χ4n) is 5.04. The highest BCUT2D eigenvalue weighted by atomic mass is 16.7. The Morgan fingerprint density at radius 2 is 1.22 bits per heavy atom. The zero-order valence-corrected chi connectivity index (χ0v) is 26.5. The molecule has 0 aliphatic carbocycles. The normalized spacial score (nSPS) is 30.0. The first-order valence-electron chi connectivity index (χ1n) is 15.0. The first-order valence-corrected chi connectivity index (χ1v) is 15.0. The summed E-state index contributed by atoms with van der Waals surface area (Å²) in [4.78, 5) is 49.9. The maximum absolute atomic E-state index is 13.6. The number of rotatable bonds is 8. The minimum Gasteiger partial charge on any atom is -0.479 e. The number of fused-ring (bicyclic) bond motifs is 1. The molecule has 270 valence electrons. The topological polar surface area (TPSA) is 289 Å². The van der Waals surface area contributed by atoms with Gasteiger partial charge in [0.05, 0.1) is 10.8 Å². The van der Waals surface area contributed by atoms with E-state index >= 15 is 0 Å². The van der Waals surface area contributed by atoms with Crippen molar-refractivity contribution >= 4 is 28.9 Å². The van der Waals surface area contributed by atoms with Gasteiger partial charge in [0.25, 0.3) is 0 Å². The van der Waals surface area contributed by atoms with E-state index in [1.807, 2.05) is 0 Å². The van der Waals surface area contributed by atoms with E-state index in [-0.39, 0.29) is 22.3 Å². The van der Waals surface area contributed by atoms with Gasteiger partial charge in [-0.15, -0.1) is 0 Å². The molecule has 0 unspecified atom stereocenters. The Kier molecular flexibility index (Phi) is 10.2. The molecule has 2 fully saturated rings. The molecule has 0 bridgehead atoms. The van der Waals surface area contributed by atoms with Crippen LogP contribution in [0.15, 0.2) is 51.7 Å². The van der Waals surface area contributed by atoms with Crippen molar-refractivity contribution in [3.05, 3.63) is 52.7 Å². The number of carbonyl (C=O) groups is 3. The summed E-state index contributed by atoms with van der Waals surface area (Å²) in [6.07, 6.45) is -20.6. The smallest absolute Gasteiger partial charge is 0.335 e. The molecule has 5 rings (SSSR count). The van der Waals surface area contributed by atoms with Crippen molar-refractivity contribution < 1.29 is 83.3 Å². The van der Waals surface area contributed by atoms with Gasteiger partial charge in [-0.3, -0.25) is 9.59 Å². The predicted molar refractivity (Wildman–Crippen MR) is 163 cm³/mol. The fraction of sp³-hybridized carbons (Fsp3) is 0.438. The highest BCUT2D eigenvalue weighted by molar-refractivity contribution is 5.86. The van der Waals surface area contributed by atoms with Gasteiger partial charge in [-0.05, 0) is 51.1 Å². The Labute approximate surface area is 281 Å². The summed E-state index contributed by atoms with van der Waals surface area (Å²) in [5.74, 6) is -6.06. The van der Waals surface area contributed by atoms with Gasteiger partial charge in [0.2, 0.25) is 23.8 Å². The van der Waals surface area contributed by atoms with Crippen LogP contribution in [0.2, 0.25) is 0 Å². The van der Waals surface area contributed by atoms with Gasteiger partial charge in [-0.25, -0.2) is 9.59 Å². The number of aliphatic hydroxyl groups is 6. The highest BCUT2D eigenvalue weighted by Crippen LogP contribution is 2.40.